The first kappa shape index (κ1) is 17.9. The smallest absolute Gasteiger partial charge is 0.104 e. The molecule has 0 amide bonds. The van der Waals surface area contributed by atoms with Crippen molar-refractivity contribution in [3.63, 3.8) is 0 Å². The zero-order valence-electron chi connectivity index (χ0n) is 12.7. The molecule has 0 saturated carbocycles. The van der Waals surface area contributed by atoms with Crippen LogP contribution in [0.4, 0.5) is 0 Å². The summed E-state index contributed by atoms with van der Waals surface area (Å²) >= 11 is 0. The van der Waals surface area contributed by atoms with Crippen LogP contribution in [0.5, 0.6) is 0 Å². The van der Waals surface area contributed by atoms with E-state index >= 15 is 0 Å². The maximum Gasteiger partial charge on any atom is 0.104 e. The van der Waals surface area contributed by atoms with Gasteiger partial charge in [0.25, 0.3) is 0 Å². The molecule has 2 N–H and O–H groups in total. The van der Waals surface area contributed by atoms with E-state index in [1.807, 2.05) is 0 Å². The summed E-state index contributed by atoms with van der Waals surface area (Å²) in [6.07, 6.45) is 15.3. The Morgan fingerprint density at radius 2 is 1.22 bits per heavy atom. The minimum absolute atomic E-state index is 0.284. The Hall–Kier alpha value is -0.0800. The zero-order chi connectivity index (χ0) is 13.5. The van der Waals surface area contributed by atoms with Gasteiger partial charge in [0.05, 0.1) is 0 Å². The highest BCUT2D eigenvalue weighted by molar-refractivity contribution is 4.54. The van der Waals surface area contributed by atoms with Crippen LogP contribution in [0.3, 0.4) is 0 Å². The number of hydrogen-bond acceptors (Lipinski definition) is 2. The summed E-state index contributed by atoms with van der Waals surface area (Å²) in [5, 5.41) is 12.6. The Morgan fingerprint density at radius 1 is 0.722 bits per heavy atom. The van der Waals surface area contributed by atoms with Crippen LogP contribution < -0.4 is 5.32 Å². The molecular weight excluding hydrogens is 222 g/mol. The van der Waals surface area contributed by atoms with Crippen LogP contribution in [0.25, 0.3) is 0 Å². The van der Waals surface area contributed by atoms with Gasteiger partial charge in [0.15, 0.2) is 0 Å². The minimum atomic E-state index is -0.284. The van der Waals surface area contributed by atoms with Gasteiger partial charge >= 0.3 is 0 Å². The maximum atomic E-state index is 9.48. The summed E-state index contributed by atoms with van der Waals surface area (Å²) in [4.78, 5) is 0. The molecule has 0 aromatic rings. The van der Waals surface area contributed by atoms with Gasteiger partial charge in [0.2, 0.25) is 0 Å². The fourth-order valence-electron chi connectivity index (χ4n) is 2.26. The molecule has 0 saturated heterocycles. The summed E-state index contributed by atoms with van der Waals surface area (Å²) in [7, 11) is 0. The number of nitrogens with one attached hydrogen (secondary N) is 1. The molecule has 1 unspecified atom stereocenters. The Labute approximate surface area is 115 Å². The normalized spacial score (nSPS) is 12.8. The molecule has 0 aliphatic heterocycles. The summed E-state index contributed by atoms with van der Waals surface area (Å²) in [6, 6.07) is 0. The van der Waals surface area contributed by atoms with Gasteiger partial charge in [-0.2, -0.15) is 0 Å². The van der Waals surface area contributed by atoms with Gasteiger partial charge in [-0.25, -0.2) is 0 Å². The predicted molar refractivity (Wildman–Crippen MR) is 80.8 cm³/mol. The topological polar surface area (TPSA) is 32.3 Å². The predicted octanol–water partition coefficient (Wildman–Crippen LogP) is 4.62. The maximum absolute atomic E-state index is 9.48. The molecule has 0 fully saturated rings. The van der Waals surface area contributed by atoms with E-state index in [4.69, 9.17) is 0 Å². The molecule has 0 radical (unpaired) electrons. The van der Waals surface area contributed by atoms with Gasteiger partial charge in [0, 0.05) is 0 Å². The molecular formula is C16H35NO. The van der Waals surface area contributed by atoms with Crippen molar-refractivity contribution in [1.82, 2.24) is 5.32 Å². The molecule has 0 bridgehead atoms. The van der Waals surface area contributed by atoms with E-state index in [-0.39, 0.29) is 6.23 Å². The lowest BCUT2D eigenvalue weighted by atomic mass is 10.1. The van der Waals surface area contributed by atoms with Crippen LogP contribution >= 0.6 is 0 Å². The van der Waals surface area contributed by atoms with E-state index in [1.54, 1.807) is 0 Å². The fraction of sp³-hybridized carbons (Fsp3) is 1.00. The molecule has 2 heteroatoms. The van der Waals surface area contributed by atoms with E-state index in [9.17, 15) is 5.11 Å². The highest BCUT2D eigenvalue weighted by Crippen LogP contribution is 2.10. The van der Waals surface area contributed by atoms with Crippen LogP contribution in [0.1, 0.15) is 90.9 Å². The van der Waals surface area contributed by atoms with Crippen molar-refractivity contribution in [3.8, 4) is 0 Å². The van der Waals surface area contributed by atoms with Crippen LogP contribution in [0.15, 0.2) is 0 Å². The second kappa shape index (κ2) is 15.0. The van der Waals surface area contributed by atoms with Gasteiger partial charge in [-0.05, 0) is 19.4 Å². The number of hydrogen-bond donors (Lipinski definition) is 2. The quantitative estimate of drug-likeness (QED) is 0.352. The molecule has 110 valence electrons. The second-order valence-electron chi connectivity index (χ2n) is 5.44. The molecule has 0 spiro atoms. The number of rotatable bonds is 14. The average Bonchev–Trinajstić information content (AvgIpc) is 2.36. The SMILES string of the molecule is CCCCCCCCCCCCNC(O)CCC. The number of aliphatic hydroxyl groups excluding tert-OH is 1. The standard InChI is InChI=1S/C16H35NO/c1-3-5-6-7-8-9-10-11-12-13-15-17-16(18)14-4-2/h16-18H,3-15H2,1-2H3. The molecule has 0 aliphatic carbocycles. The first-order chi connectivity index (χ1) is 8.81. The fourth-order valence-corrected chi connectivity index (χ4v) is 2.26. The van der Waals surface area contributed by atoms with Crippen molar-refractivity contribution in [2.75, 3.05) is 6.54 Å². The van der Waals surface area contributed by atoms with Crippen molar-refractivity contribution >= 4 is 0 Å². The Balaban J connectivity index is 2.98. The summed E-state index contributed by atoms with van der Waals surface area (Å²) in [5.41, 5.74) is 0. The van der Waals surface area contributed by atoms with Gasteiger partial charge in [0.1, 0.15) is 6.23 Å². The molecule has 0 heterocycles. The number of unbranched alkanes of at least 4 members (excludes halogenated alkanes) is 9. The molecule has 0 aromatic heterocycles. The first-order valence-corrected chi connectivity index (χ1v) is 8.22. The van der Waals surface area contributed by atoms with E-state index in [1.165, 1.54) is 64.2 Å². The van der Waals surface area contributed by atoms with E-state index in [2.05, 4.69) is 19.2 Å². The Morgan fingerprint density at radius 3 is 1.72 bits per heavy atom. The Bertz CT molecular complexity index is 150. The van der Waals surface area contributed by atoms with Gasteiger partial charge < -0.3 is 5.11 Å². The van der Waals surface area contributed by atoms with Crippen molar-refractivity contribution < 1.29 is 5.11 Å². The lowest BCUT2D eigenvalue weighted by molar-refractivity contribution is 0.126. The summed E-state index contributed by atoms with van der Waals surface area (Å²) in [6.45, 7) is 5.34. The van der Waals surface area contributed by atoms with Crippen LogP contribution in [0, 0.1) is 0 Å². The lowest BCUT2D eigenvalue weighted by Crippen LogP contribution is -2.29. The highest BCUT2D eigenvalue weighted by atomic mass is 16.3. The van der Waals surface area contributed by atoms with Gasteiger partial charge in [-0.15, -0.1) is 0 Å². The third kappa shape index (κ3) is 14.0. The first-order valence-electron chi connectivity index (χ1n) is 8.22. The van der Waals surface area contributed by atoms with Crippen LogP contribution in [-0.2, 0) is 0 Å². The zero-order valence-corrected chi connectivity index (χ0v) is 12.7. The molecule has 1 atom stereocenters. The van der Waals surface area contributed by atoms with Crippen molar-refractivity contribution in [1.29, 1.82) is 0 Å². The van der Waals surface area contributed by atoms with Gasteiger partial charge in [-0.1, -0.05) is 78.1 Å². The number of aliphatic hydroxyl groups is 1. The molecule has 2 nitrogen and oxygen atoms in total. The third-order valence-corrected chi connectivity index (χ3v) is 3.47. The summed E-state index contributed by atoms with van der Waals surface area (Å²) in [5.74, 6) is 0. The van der Waals surface area contributed by atoms with Crippen LogP contribution in [-0.4, -0.2) is 17.9 Å². The Kier molecular flexibility index (Phi) is 14.9. The minimum Gasteiger partial charge on any atom is -0.379 e. The lowest BCUT2D eigenvalue weighted by Gasteiger charge is -2.11. The van der Waals surface area contributed by atoms with Crippen LogP contribution in [0.2, 0.25) is 0 Å². The van der Waals surface area contributed by atoms with Gasteiger partial charge in [-0.3, -0.25) is 5.32 Å². The summed E-state index contributed by atoms with van der Waals surface area (Å²) < 4.78 is 0. The van der Waals surface area contributed by atoms with E-state index in [0.29, 0.717) is 0 Å². The third-order valence-electron chi connectivity index (χ3n) is 3.47. The highest BCUT2D eigenvalue weighted by Gasteiger charge is 1.99. The van der Waals surface area contributed by atoms with Crippen molar-refractivity contribution in [3.05, 3.63) is 0 Å². The van der Waals surface area contributed by atoms with Crippen molar-refractivity contribution in [2.24, 2.45) is 0 Å². The largest absolute Gasteiger partial charge is 0.379 e. The molecule has 0 aromatic carbocycles. The van der Waals surface area contributed by atoms with E-state index in [0.717, 1.165) is 19.4 Å². The molecule has 0 rings (SSSR count). The van der Waals surface area contributed by atoms with E-state index < -0.39 is 0 Å². The monoisotopic (exact) mass is 257 g/mol. The second-order valence-corrected chi connectivity index (χ2v) is 5.44. The average molecular weight is 257 g/mol. The van der Waals surface area contributed by atoms with Crippen molar-refractivity contribution in [2.45, 2.75) is 97.1 Å². The molecule has 0 aliphatic rings. The molecule has 18 heavy (non-hydrogen) atoms.